The Hall–Kier alpha value is -0.810. The van der Waals surface area contributed by atoms with Gasteiger partial charge < -0.3 is 5.32 Å². The van der Waals surface area contributed by atoms with Crippen molar-refractivity contribution in [3.63, 3.8) is 0 Å². The molecule has 0 rings (SSSR count). The first-order valence-electron chi connectivity index (χ1n) is 3.41. The third-order valence-electron chi connectivity index (χ3n) is 1.20. The molecule has 0 saturated heterocycles. The highest BCUT2D eigenvalue weighted by Crippen LogP contribution is 1.91. The molecule has 0 aliphatic rings. The number of nitrogens with one attached hydrogen (secondary N) is 1. The lowest BCUT2D eigenvalue weighted by Crippen LogP contribution is -2.12. The molecule has 0 heterocycles. The van der Waals surface area contributed by atoms with Gasteiger partial charge in [-0.05, 0) is 7.05 Å². The van der Waals surface area contributed by atoms with Gasteiger partial charge in [-0.15, -0.1) is 12.3 Å². The summed E-state index contributed by atoms with van der Waals surface area (Å²) < 4.78 is 0. The molecule has 0 aliphatic heterocycles. The van der Waals surface area contributed by atoms with E-state index in [0.29, 0.717) is 19.3 Å². The van der Waals surface area contributed by atoms with Gasteiger partial charge in [-0.3, -0.25) is 4.79 Å². The maximum Gasteiger partial charge on any atom is 0.135 e. The zero-order valence-corrected chi connectivity index (χ0v) is 6.31. The van der Waals surface area contributed by atoms with Gasteiger partial charge in [0.1, 0.15) is 5.78 Å². The van der Waals surface area contributed by atoms with Crippen molar-refractivity contribution in [3.8, 4) is 12.3 Å². The molecule has 56 valence electrons. The van der Waals surface area contributed by atoms with E-state index < -0.39 is 0 Å². The largest absolute Gasteiger partial charge is 0.319 e. The first-order chi connectivity index (χ1) is 4.81. The number of hydrogen-bond acceptors (Lipinski definition) is 2. The van der Waals surface area contributed by atoms with Crippen molar-refractivity contribution in [2.75, 3.05) is 13.6 Å². The van der Waals surface area contributed by atoms with Gasteiger partial charge in [0.2, 0.25) is 0 Å². The van der Waals surface area contributed by atoms with Gasteiger partial charge in [0.15, 0.2) is 0 Å². The fraction of sp³-hybridized carbons (Fsp3) is 0.625. The SMILES string of the molecule is C#CCCC(=O)CCNC. The molecule has 0 radical (unpaired) electrons. The summed E-state index contributed by atoms with van der Waals surface area (Å²) in [5.74, 6) is 2.68. The summed E-state index contributed by atoms with van der Waals surface area (Å²) in [6.07, 6.45) is 6.68. The molecule has 2 heteroatoms. The number of rotatable bonds is 5. The van der Waals surface area contributed by atoms with Crippen LogP contribution in [0.15, 0.2) is 0 Å². The van der Waals surface area contributed by atoms with Gasteiger partial charge in [-0.1, -0.05) is 0 Å². The molecule has 0 fully saturated rings. The van der Waals surface area contributed by atoms with E-state index in [9.17, 15) is 4.79 Å². The Morgan fingerprint density at radius 2 is 2.30 bits per heavy atom. The minimum Gasteiger partial charge on any atom is -0.319 e. The summed E-state index contributed by atoms with van der Waals surface area (Å²) in [5.41, 5.74) is 0. The Balaban J connectivity index is 3.19. The number of terminal acetylenes is 1. The van der Waals surface area contributed by atoms with Crippen molar-refractivity contribution in [2.24, 2.45) is 0 Å². The summed E-state index contributed by atoms with van der Waals surface area (Å²) in [7, 11) is 1.83. The fourth-order valence-corrected chi connectivity index (χ4v) is 0.601. The first-order valence-corrected chi connectivity index (χ1v) is 3.41. The maximum atomic E-state index is 10.8. The van der Waals surface area contributed by atoms with Crippen molar-refractivity contribution in [1.82, 2.24) is 5.32 Å². The molecule has 2 nitrogen and oxygen atoms in total. The molecule has 0 amide bonds. The number of hydrogen-bond donors (Lipinski definition) is 1. The lowest BCUT2D eigenvalue weighted by Gasteiger charge is -1.95. The van der Waals surface area contributed by atoms with Gasteiger partial charge in [0.05, 0.1) is 0 Å². The highest BCUT2D eigenvalue weighted by atomic mass is 16.1. The molecule has 1 N–H and O–H groups in total. The smallest absolute Gasteiger partial charge is 0.135 e. The molecule has 0 aliphatic carbocycles. The lowest BCUT2D eigenvalue weighted by molar-refractivity contribution is -0.118. The monoisotopic (exact) mass is 139 g/mol. The van der Waals surface area contributed by atoms with Crippen molar-refractivity contribution < 1.29 is 4.79 Å². The van der Waals surface area contributed by atoms with Crippen LogP contribution in [0.4, 0.5) is 0 Å². The van der Waals surface area contributed by atoms with E-state index in [-0.39, 0.29) is 5.78 Å². The molecule has 0 aromatic carbocycles. The van der Waals surface area contributed by atoms with Crippen molar-refractivity contribution >= 4 is 5.78 Å². The molecule has 0 saturated carbocycles. The fourth-order valence-electron chi connectivity index (χ4n) is 0.601. The van der Waals surface area contributed by atoms with Crippen molar-refractivity contribution in [1.29, 1.82) is 0 Å². The summed E-state index contributed by atoms with van der Waals surface area (Å²) in [5, 5.41) is 2.90. The molecule has 0 aromatic rings. The predicted octanol–water partition coefficient (Wildman–Crippen LogP) is 0.578. The van der Waals surface area contributed by atoms with E-state index in [1.807, 2.05) is 7.05 Å². The van der Waals surface area contributed by atoms with E-state index in [4.69, 9.17) is 6.42 Å². The average Bonchev–Trinajstić information content (AvgIpc) is 1.97. The molecule has 0 bridgehead atoms. The number of Topliss-reactive ketones (excluding diaryl/α,β-unsaturated/α-hetero) is 1. The number of carbonyl (C=O) groups is 1. The first kappa shape index (κ1) is 9.19. The van der Waals surface area contributed by atoms with E-state index in [1.54, 1.807) is 0 Å². The van der Waals surface area contributed by atoms with Gasteiger partial charge >= 0.3 is 0 Å². The van der Waals surface area contributed by atoms with Crippen LogP contribution in [0.3, 0.4) is 0 Å². The van der Waals surface area contributed by atoms with Crippen molar-refractivity contribution in [2.45, 2.75) is 19.3 Å². The summed E-state index contributed by atoms with van der Waals surface area (Å²) in [6, 6.07) is 0. The Kier molecular flexibility index (Phi) is 5.80. The van der Waals surface area contributed by atoms with Gasteiger partial charge in [-0.2, -0.15) is 0 Å². The van der Waals surface area contributed by atoms with Crippen molar-refractivity contribution in [3.05, 3.63) is 0 Å². The maximum absolute atomic E-state index is 10.8. The summed E-state index contributed by atoms with van der Waals surface area (Å²) in [4.78, 5) is 10.8. The van der Waals surface area contributed by atoms with Crippen LogP contribution in [-0.4, -0.2) is 19.4 Å². The Labute approximate surface area is 62.0 Å². The van der Waals surface area contributed by atoms with Crippen LogP contribution in [0.1, 0.15) is 19.3 Å². The minimum atomic E-state index is 0.243. The van der Waals surface area contributed by atoms with Gasteiger partial charge in [-0.25, -0.2) is 0 Å². The average molecular weight is 139 g/mol. The quantitative estimate of drug-likeness (QED) is 0.564. The third kappa shape index (κ3) is 5.33. The Bertz CT molecular complexity index is 135. The van der Waals surface area contributed by atoms with Crippen LogP contribution < -0.4 is 5.32 Å². The van der Waals surface area contributed by atoms with Crippen LogP contribution in [0, 0.1) is 12.3 Å². The van der Waals surface area contributed by atoms with E-state index in [1.165, 1.54) is 0 Å². The number of ketones is 1. The van der Waals surface area contributed by atoms with Gasteiger partial charge in [0.25, 0.3) is 0 Å². The van der Waals surface area contributed by atoms with Crippen LogP contribution in [0.5, 0.6) is 0 Å². The second-order valence-corrected chi connectivity index (χ2v) is 2.10. The zero-order chi connectivity index (χ0) is 7.82. The molecule has 0 unspecified atom stereocenters. The molecule has 10 heavy (non-hydrogen) atoms. The number of carbonyl (C=O) groups excluding carboxylic acids is 1. The van der Waals surface area contributed by atoms with Crippen LogP contribution in [0.25, 0.3) is 0 Å². The van der Waals surface area contributed by atoms with Crippen LogP contribution in [-0.2, 0) is 4.79 Å². The highest BCUT2D eigenvalue weighted by Gasteiger charge is 1.97. The third-order valence-corrected chi connectivity index (χ3v) is 1.20. The zero-order valence-electron chi connectivity index (χ0n) is 6.31. The molecular weight excluding hydrogens is 126 g/mol. The van der Waals surface area contributed by atoms with E-state index in [2.05, 4.69) is 11.2 Å². The normalized spacial score (nSPS) is 8.80. The second kappa shape index (κ2) is 6.31. The standard InChI is InChI=1S/C8H13NO/c1-3-4-5-8(10)6-7-9-2/h1,9H,4-7H2,2H3. The molecular formula is C8H13NO. The Morgan fingerprint density at radius 3 is 2.80 bits per heavy atom. The van der Waals surface area contributed by atoms with Gasteiger partial charge in [0, 0.05) is 25.8 Å². The van der Waals surface area contributed by atoms with E-state index in [0.717, 1.165) is 6.54 Å². The summed E-state index contributed by atoms with van der Waals surface area (Å²) >= 11 is 0. The summed E-state index contributed by atoms with van der Waals surface area (Å²) in [6.45, 7) is 0.753. The highest BCUT2D eigenvalue weighted by molar-refractivity contribution is 5.78. The topological polar surface area (TPSA) is 29.1 Å². The molecule has 0 aromatic heterocycles. The van der Waals surface area contributed by atoms with Crippen LogP contribution in [0.2, 0.25) is 0 Å². The lowest BCUT2D eigenvalue weighted by atomic mass is 10.2. The van der Waals surface area contributed by atoms with Crippen LogP contribution >= 0.6 is 0 Å². The second-order valence-electron chi connectivity index (χ2n) is 2.10. The van der Waals surface area contributed by atoms with E-state index >= 15 is 0 Å². The minimum absolute atomic E-state index is 0.243. The molecule has 0 spiro atoms. The predicted molar refractivity (Wildman–Crippen MR) is 41.6 cm³/mol. The molecule has 0 atom stereocenters. The Morgan fingerprint density at radius 1 is 1.60 bits per heavy atom.